The number of rotatable bonds is 5. The fourth-order valence-corrected chi connectivity index (χ4v) is 6.31. The molecule has 2 aliphatic carbocycles. The smallest absolute Gasteiger partial charge is 0.410 e. The van der Waals surface area contributed by atoms with Crippen LogP contribution in [0.1, 0.15) is 47.0 Å². The van der Waals surface area contributed by atoms with Gasteiger partial charge in [-0.2, -0.15) is 21.6 Å². The van der Waals surface area contributed by atoms with Gasteiger partial charge in [-0.05, 0) is 40.0 Å². The van der Waals surface area contributed by atoms with E-state index in [9.17, 15) is 31.2 Å². The normalized spacial score (nSPS) is 37.0. The number of alkyl halides is 3. The zero-order chi connectivity index (χ0) is 21.3. The third-order valence-electron chi connectivity index (χ3n) is 6.37. The highest BCUT2D eigenvalue weighted by atomic mass is 32.2. The highest BCUT2D eigenvalue weighted by molar-refractivity contribution is 7.88. The van der Waals surface area contributed by atoms with Crippen LogP contribution in [0.4, 0.5) is 13.2 Å². The van der Waals surface area contributed by atoms with E-state index >= 15 is 0 Å². The Balaban J connectivity index is 1.72. The molecule has 1 aliphatic heterocycles. The van der Waals surface area contributed by atoms with Crippen molar-refractivity contribution in [3.05, 3.63) is 0 Å². The second-order valence-corrected chi connectivity index (χ2v) is 10.2. The van der Waals surface area contributed by atoms with Crippen molar-refractivity contribution in [2.75, 3.05) is 0 Å². The molecule has 0 radical (unpaired) electrons. The molecule has 3 fully saturated rings. The second kappa shape index (κ2) is 6.32. The van der Waals surface area contributed by atoms with E-state index in [0.29, 0.717) is 6.42 Å². The molecular weight excluding hydrogens is 405 g/mol. The van der Waals surface area contributed by atoms with Gasteiger partial charge in [0.2, 0.25) is 0 Å². The highest BCUT2D eigenvalue weighted by Gasteiger charge is 2.82. The van der Waals surface area contributed by atoms with Crippen molar-refractivity contribution in [1.29, 1.82) is 0 Å². The fourth-order valence-electron chi connectivity index (χ4n) is 4.30. The Morgan fingerprint density at radius 2 is 1.89 bits per heavy atom. The lowest BCUT2D eigenvalue weighted by Crippen LogP contribution is -2.54. The van der Waals surface area contributed by atoms with E-state index in [1.54, 1.807) is 20.8 Å². The first-order valence-corrected chi connectivity index (χ1v) is 10.5. The van der Waals surface area contributed by atoms with E-state index in [1.807, 2.05) is 0 Å². The lowest BCUT2D eigenvalue weighted by molar-refractivity contribution is -0.188. The summed E-state index contributed by atoms with van der Waals surface area (Å²) in [7, 11) is -4.88. The molecule has 0 N–H and O–H groups in total. The molecule has 2 saturated carbocycles. The van der Waals surface area contributed by atoms with Crippen LogP contribution >= 0.6 is 0 Å². The molecule has 3 aliphatic rings. The van der Waals surface area contributed by atoms with Crippen LogP contribution in [-0.2, 0) is 33.4 Å². The van der Waals surface area contributed by atoms with Crippen molar-refractivity contribution in [3.63, 3.8) is 0 Å². The fraction of sp³-hybridized carbons (Fsp3) is 0.882. The summed E-state index contributed by atoms with van der Waals surface area (Å²) in [5.41, 5.74) is -0.810. The van der Waals surface area contributed by atoms with Gasteiger partial charge in [-0.3, -0.25) is 8.98 Å². The van der Waals surface area contributed by atoms with Gasteiger partial charge in [-0.15, -0.1) is 0 Å². The Morgan fingerprint density at radius 3 is 2.43 bits per heavy atom. The number of halogens is 3. The number of carbonyl (C=O) groups is 2. The zero-order valence-corrected chi connectivity index (χ0v) is 16.7. The third kappa shape index (κ3) is 2.84. The number of esters is 2. The van der Waals surface area contributed by atoms with Crippen LogP contribution in [0, 0.1) is 17.3 Å². The van der Waals surface area contributed by atoms with Gasteiger partial charge in [0.05, 0.1) is 5.41 Å². The molecule has 28 heavy (non-hydrogen) atoms. The molecule has 6 atom stereocenters. The van der Waals surface area contributed by atoms with Gasteiger partial charge in [0.15, 0.2) is 10.9 Å². The summed E-state index contributed by atoms with van der Waals surface area (Å²) >= 11 is 0. The van der Waals surface area contributed by atoms with Crippen LogP contribution in [0.15, 0.2) is 0 Å². The lowest BCUT2D eigenvalue weighted by Gasteiger charge is -2.34. The third-order valence-corrected chi connectivity index (χ3v) is 8.44. The van der Waals surface area contributed by atoms with Crippen molar-refractivity contribution in [2.24, 2.45) is 17.3 Å². The molecule has 1 saturated heterocycles. The average Bonchev–Trinajstić information content (AvgIpc) is 3.15. The molecule has 2 bridgehead atoms. The summed E-state index contributed by atoms with van der Waals surface area (Å²) in [5.74, 6) is -3.64. The predicted molar refractivity (Wildman–Crippen MR) is 88.3 cm³/mol. The molecule has 160 valence electrons. The Kier molecular flexibility index (Phi) is 4.82. The molecule has 0 amide bonds. The minimum absolute atomic E-state index is 0.0572. The summed E-state index contributed by atoms with van der Waals surface area (Å²) in [6, 6.07) is 0. The number of ether oxygens (including phenoxy) is 2. The highest BCUT2D eigenvalue weighted by Crippen LogP contribution is 2.66. The molecule has 0 spiro atoms. The summed E-state index contributed by atoms with van der Waals surface area (Å²) in [6.45, 7) is 6.38. The monoisotopic (exact) mass is 428 g/mol. The van der Waals surface area contributed by atoms with Gasteiger partial charge < -0.3 is 9.47 Å². The van der Waals surface area contributed by atoms with Gasteiger partial charge in [0.25, 0.3) is 10.1 Å². The second-order valence-electron chi connectivity index (χ2n) is 8.40. The number of fused-ring (bicyclic) bond motifs is 1. The Bertz CT molecular complexity index is 791. The van der Waals surface area contributed by atoms with Crippen LogP contribution in [0.25, 0.3) is 0 Å². The first-order chi connectivity index (χ1) is 12.7. The van der Waals surface area contributed by atoms with Crippen LogP contribution < -0.4 is 0 Å². The summed E-state index contributed by atoms with van der Waals surface area (Å²) in [6.07, 6.45) is -9.01. The van der Waals surface area contributed by atoms with Crippen molar-refractivity contribution in [2.45, 2.75) is 76.2 Å². The molecule has 0 aromatic rings. The number of carbonyl (C=O) groups excluding carboxylic acids is 2. The predicted octanol–water partition coefficient (Wildman–Crippen LogP) is 2.34. The van der Waals surface area contributed by atoms with Gasteiger partial charge in [-0.1, -0.05) is 6.92 Å². The minimum Gasteiger partial charge on any atom is -0.457 e. The largest absolute Gasteiger partial charge is 0.457 e. The molecule has 7 nitrogen and oxygen atoms in total. The quantitative estimate of drug-likeness (QED) is 0.490. The Hall–Kier alpha value is -1.36. The lowest BCUT2D eigenvalue weighted by atomic mass is 9.83. The molecule has 1 heterocycles. The van der Waals surface area contributed by atoms with Crippen molar-refractivity contribution in [1.82, 2.24) is 0 Å². The molecule has 0 aromatic carbocycles. The maximum absolute atomic E-state index is 13.6. The van der Waals surface area contributed by atoms with Crippen molar-refractivity contribution >= 4 is 22.1 Å². The van der Waals surface area contributed by atoms with Gasteiger partial charge >= 0.3 is 18.1 Å². The van der Waals surface area contributed by atoms with Gasteiger partial charge in [0, 0.05) is 11.8 Å². The Morgan fingerprint density at radius 1 is 1.29 bits per heavy atom. The summed E-state index contributed by atoms with van der Waals surface area (Å²) < 4.78 is 77.2. The minimum atomic E-state index is -4.97. The Labute approximate surface area is 161 Å². The van der Waals surface area contributed by atoms with E-state index in [2.05, 4.69) is 0 Å². The topological polar surface area (TPSA) is 96.0 Å². The van der Waals surface area contributed by atoms with Crippen LogP contribution in [0.3, 0.4) is 0 Å². The standard InChI is InChI=1S/C17H23F3O7S/c1-5-15(3,4)14(22)25-8(2)13(21)26-11-9-6-10-12(11)27-28(23,24)16(10,7-9)17(18,19)20/h8-12H,5-7H2,1-4H3. The van der Waals surface area contributed by atoms with Crippen LogP contribution in [-0.4, -0.2) is 49.6 Å². The summed E-state index contributed by atoms with van der Waals surface area (Å²) in [5, 5.41) is 0. The molecule has 6 unspecified atom stereocenters. The van der Waals surface area contributed by atoms with E-state index in [0.717, 1.165) is 0 Å². The maximum Gasteiger partial charge on any atom is 0.410 e. The average molecular weight is 428 g/mol. The van der Waals surface area contributed by atoms with E-state index in [1.165, 1.54) is 6.92 Å². The van der Waals surface area contributed by atoms with Gasteiger partial charge in [0.1, 0.15) is 12.2 Å². The summed E-state index contributed by atoms with van der Waals surface area (Å²) in [4.78, 5) is 24.4. The first kappa shape index (κ1) is 21.4. The van der Waals surface area contributed by atoms with Crippen LogP contribution in [0.5, 0.6) is 0 Å². The van der Waals surface area contributed by atoms with Crippen LogP contribution in [0.2, 0.25) is 0 Å². The van der Waals surface area contributed by atoms with E-state index in [4.69, 9.17) is 13.7 Å². The molecule has 0 aromatic heterocycles. The van der Waals surface area contributed by atoms with E-state index < -0.39 is 75.0 Å². The number of hydrogen-bond acceptors (Lipinski definition) is 7. The molecular formula is C17H23F3O7S. The number of hydrogen-bond donors (Lipinski definition) is 0. The van der Waals surface area contributed by atoms with Crippen molar-refractivity contribution in [3.8, 4) is 0 Å². The SMILES string of the molecule is CCC(C)(C)C(=O)OC(C)C(=O)OC1C2CC3C1OS(=O)(=O)C3(C(F)(F)F)C2. The van der Waals surface area contributed by atoms with Crippen molar-refractivity contribution < 1.29 is 44.8 Å². The van der Waals surface area contributed by atoms with Gasteiger partial charge in [-0.25, -0.2) is 4.79 Å². The van der Waals surface area contributed by atoms with E-state index in [-0.39, 0.29) is 6.42 Å². The zero-order valence-electron chi connectivity index (χ0n) is 15.9. The maximum atomic E-state index is 13.6. The molecule has 3 rings (SSSR count). The molecule has 11 heteroatoms. The first-order valence-electron chi connectivity index (χ1n) is 9.09.